The number of nitrogens with two attached hydrogens (primary N) is 1. The number of nitrogens with zero attached hydrogens (tertiary/aromatic N) is 2. The van der Waals surface area contributed by atoms with Crippen molar-refractivity contribution >= 4 is 21.6 Å². The van der Waals surface area contributed by atoms with Gasteiger partial charge in [0.25, 0.3) is 0 Å². The molecule has 1 aliphatic rings. The average molecular weight is 289 g/mol. The van der Waals surface area contributed by atoms with Gasteiger partial charge in [-0.25, -0.2) is 4.98 Å². The lowest BCUT2D eigenvalue weighted by atomic mass is 9.91. The second-order valence-corrected chi connectivity index (χ2v) is 7.35. The van der Waals surface area contributed by atoms with E-state index in [4.69, 9.17) is 10.7 Å². The van der Waals surface area contributed by atoms with Gasteiger partial charge in [-0.3, -0.25) is 4.90 Å². The molecule has 0 amide bonds. The molecule has 2 heterocycles. The average Bonchev–Trinajstić information content (AvgIpc) is 3.07. The summed E-state index contributed by atoms with van der Waals surface area (Å²) < 4.78 is 1.26. The Bertz CT molecular complexity index is 551. The predicted molar refractivity (Wildman–Crippen MR) is 86.2 cm³/mol. The first-order valence-electron chi connectivity index (χ1n) is 7.42. The van der Waals surface area contributed by atoms with Crippen molar-refractivity contribution < 1.29 is 0 Å². The summed E-state index contributed by atoms with van der Waals surface area (Å²) >= 11 is 1.77. The summed E-state index contributed by atoms with van der Waals surface area (Å²) in [5.74, 6) is 0. The van der Waals surface area contributed by atoms with E-state index in [0.29, 0.717) is 0 Å². The summed E-state index contributed by atoms with van der Waals surface area (Å²) in [6.45, 7) is 6.91. The summed E-state index contributed by atoms with van der Waals surface area (Å²) in [6.07, 6.45) is 3.47. The first-order chi connectivity index (χ1) is 9.57. The molecule has 2 N–H and O–H groups in total. The third-order valence-corrected chi connectivity index (χ3v) is 5.62. The molecule has 0 saturated carbocycles. The van der Waals surface area contributed by atoms with Crippen molar-refractivity contribution in [2.45, 2.75) is 44.7 Å². The number of hydrogen-bond acceptors (Lipinski definition) is 4. The number of fused-ring (bicyclic) bond motifs is 1. The smallest absolute Gasteiger partial charge is 0.0954 e. The van der Waals surface area contributed by atoms with Gasteiger partial charge < -0.3 is 5.73 Å². The second-order valence-electron chi connectivity index (χ2n) is 6.23. The number of aromatic nitrogens is 1. The van der Waals surface area contributed by atoms with E-state index in [0.717, 1.165) is 16.9 Å². The topological polar surface area (TPSA) is 42.1 Å². The Labute approximate surface area is 124 Å². The van der Waals surface area contributed by atoms with E-state index < -0.39 is 0 Å². The van der Waals surface area contributed by atoms with E-state index >= 15 is 0 Å². The van der Waals surface area contributed by atoms with E-state index in [1.165, 1.54) is 30.6 Å². The minimum absolute atomic E-state index is 0.0500. The largest absolute Gasteiger partial charge is 0.326 e. The highest BCUT2D eigenvalue weighted by molar-refractivity contribution is 7.18. The predicted octanol–water partition coefficient (Wildman–Crippen LogP) is 3.04. The van der Waals surface area contributed by atoms with Crippen LogP contribution in [-0.4, -0.2) is 34.6 Å². The highest BCUT2D eigenvalue weighted by Gasteiger charge is 2.35. The molecule has 1 atom stereocenters. The molecule has 0 radical (unpaired) electrons. The molecular formula is C16H23N3S. The van der Waals surface area contributed by atoms with Crippen LogP contribution in [-0.2, 0) is 6.42 Å². The van der Waals surface area contributed by atoms with E-state index in [-0.39, 0.29) is 11.6 Å². The van der Waals surface area contributed by atoms with Gasteiger partial charge in [0.1, 0.15) is 0 Å². The van der Waals surface area contributed by atoms with Crippen LogP contribution in [0.1, 0.15) is 31.7 Å². The molecule has 1 aromatic carbocycles. The molecule has 0 bridgehead atoms. The number of para-hydroxylation sites is 1. The van der Waals surface area contributed by atoms with Crippen LogP contribution in [0.15, 0.2) is 24.3 Å². The zero-order chi connectivity index (χ0) is 14.2. The van der Waals surface area contributed by atoms with Crippen molar-refractivity contribution in [2.75, 3.05) is 13.1 Å². The summed E-state index contributed by atoms with van der Waals surface area (Å²) in [6, 6.07) is 8.44. The molecule has 1 saturated heterocycles. The van der Waals surface area contributed by atoms with E-state index in [1.807, 2.05) is 6.07 Å². The molecule has 4 heteroatoms. The van der Waals surface area contributed by atoms with Crippen molar-refractivity contribution in [3.63, 3.8) is 0 Å². The van der Waals surface area contributed by atoms with Gasteiger partial charge in [0.15, 0.2) is 0 Å². The van der Waals surface area contributed by atoms with Crippen molar-refractivity contribution in [1.82, 2.24) is 9.88 Å². The number of thiazole rings is 1. The molecule has 1 aliphatic heterocycles. The van der Waals surface area contributed by atoms with Gasteiger partial charge >= 0.3 is 0 Å². The highest BCUT2D eigenvalue weighted by atomic mass is 32.1. The van der Waals surface area contributed by atoms with Gasteiger partial charge in [-0.15, -0.1) is 11.3 Å². The zero-order valence-corrected chi connectivity index (χ0v) is 13.1. The molecule has 3 rings (SSSR count). The Hall–Kier alpha value is -0.970. The lowest BCUT2D eigenvalue weighted by Crippen LogP contribution is -2.55. The quantitative estimate of drug-likeness (QED) is 0.940. The lowest BCUT2D eigenvalue weighted by Gasteiger charge is -2.40. The van der Waals surface area contributed by atoms with Gasteiger partial charge in [-0.05, 0) is 51.9 Å². The van der Waals surface area contributed by atoms with Crippen molar-refractivity contribution in [2.24, 2.45) is 5.73 Å². The molecule has 1 aromatic heterocycles. The third-order valence-electron chi connectivity index (χ3n) is 4.56. The van der Waals surface area contributed by atoms with Gasteiger partial charge in [0.05, 0.1) is 15.2 Å². The Balaban J connectivity index is 1.75. The van der Waals surface area contributed by atoms with Crippen LogP contribution in [0.25, 0.3) is 10.2 Å². The van der Waals surface area contributed by atoms with E-state index in [2.05, 4.69) is 36.9 Å². The monoisotopic (exact) mass is 289 g/mol. The Morgan fingerprint density at radius 1 is 1.30 bits per heavy atom. The Morgan fingerprint density at radius 3 is 2.70 bits per heavy atom. The third kappa shape index (κ3) is 2.60. The van der Waals surface area contributed by atoms with Crippen LogP contribution < -0.4 is 5.73 Å². The summed E-state index contributed by atoms with van der Waals surface area (Å²) in [5.41, 5.74) is 7.66. The maximum Gasteiger partial charge on any atom is 0.0954 e. The fourth-order valence-electron chi connectivity index (χ4n) is 2.97. The van der Waals surface area contributed by atoms with Crippen LogP contribution >= 0.6 is 11.3 Å². The number of benzene rings is 1. The number of hydrogen-bond donors (Lipinski definition) is 1. The zero-order valence-electron chi connectivity index (χ0n) is 12.3. The minimum atomic E-state index is 0.0500. The highest BCUT2D eigenvalue weighted by Crippen LogP contribution is 2.28. The molecule has 0 aliphatic carbocycles. The maximum atomic E-state index is 6.51. The SMILES string of the molecule is CC(C)(C(N)Cc1nc2ccccc2s1)N1CCCC1. The lowest BCUT2D eigenvalue weighted by molar-refractivity contribution is 0.123. The molecule has 20 heavy (non-hydrogen) atoms. The summed E-state index contributed by atoms with van der Waals surface area (Å²) in [4.78, 5) is 7.25. The molecular weight excluding hydrogens is 266 g/mol. The molecule has 3 nitrogen and oxygen atoms in total. The van der Waals surface area contributed by atoms with Gasteiger partial charge in [0.2, 0.25) is 0 Å². The Morgan fingerprint density at radius 2 is 2.00 bits per heavy atom. The van der Waals surface area contributed by atoms with Crippen LogP contribution in [0.4, 0.5) is 0 Å². The fraction of sp³-hybridized carbons (Fsp3) is 0.562. The van der Waals surface area contributed by atoms with Crippen LogP contribution in [0, 0.1) is 0 Å². The second kappa shape index (κ2) is 5.43. The van der Waals surface area contributed by atoms with Gasteiger partial charge in [-0.1, -0.05) is 12.1 Å². The molecule has 0 spiro atoms. The summed E-state index contributed by atoms with van der Waals surface area (Å²) in [7, 11) is 0. The van der Waals surface area contributed by atoms with Gasteiger partial charge in [-0.2, -0.15) is 0 Å². The van der Waals surface area contributed by atoms with Crippen LogP contribution in [0.3, 0.4) is 0 Å². The normalized spacial score (nSPS) is 18.8. The van der Waals surface area contributed by atoms with Gasteiger partial charge in [0, 0.05) is 18.0 Å². The minimum Gasteiger partial charge on any atom is -0.326 e. The summed E-state index contributed by atoms with van der Waals surface area (Å²) in [5, 5.41) is 1.16. The Kier molecular flexibility index (Phi) is 3.80. The van der Waals surface area contributed by atoms with Crippen LogP contribution in [0.2, 0.25) is 0 Å². The molecule has 2 aromatic rings. The van der Waals surface area contributed by atoms with Crippen molar-refractivity contribution in [3.8, 4) is 0 Å². The van der Waals surface area contributed by atoms with Crippen LogP contribution in [0.5, 0.6) is 0 Å². The van der Waals surface area contributed by atoms with Crippen molar-refractivity contribution in [3.05, 3.63) is 29.3 Å². The number of rotatable bonds is 4. The van der Waals surface area contributed by atoms with E-state index in [9.17, 15) is 0 Å². The molecule has 1 fully saturated rings. The maximum absolute atomic E-state index is 6.51. The van der Waals surface area contributed by atoms with E-state index in [1.54, 1.807) is 11.3 Å². The number of likely N-dealkylation sites (tertiary alicyclic amines) is 1. The standard InChI is InChI=1S/C16H23N3S/c1-16(2,19-9-5-6-10-19)14(17)11-15-18-12-7-3-4-8-13(12)20-15/h3-4,7-8,14H,5-6,9-11,17H2,1-2H3. The molecule has 108 valence electrons. The van der Waals surface area contributed by atoms with Crippen molar-refractivity contribution in [1.29, 1.82) is 0 Å². The fourth-order valence-corrected chi connectivity index (χ4v) is 4.00. The first-order valence-corrected chi connectivity index (χ1v) is 8.24. The first kappa shape index (κ1) is 14.0. The molecule has 1 unspecified atom stereocenters.